The SMILES string of the molecule is CCCS(=O)CCCOc1ccccc1N. The molecule has 0 saturated carbocycles. The molecule has 0 saturated heterocycles. The summed E-state index contributed by atoms with van der Waals surface area (Å²) >= 11 is 0. The average Bonchev–Trinajstić information content (AvgIpc) is 2.27. The highest BCUT2D eigenvalue weighted by Crippen LogP contribution is 2.19. The first-order valence-electron chi connectivity index (χ1n) is 5.56. The fourth-order valence-corrected chi connectivity index (χ4v) is 2.44. The molecule has 3 nitrogen and oxygen atoms in total. The van der Waals surface area contributed by atoms with Crippen LogP contribution in [0.25, 0.3) is 0 Å². The quantitative estimate of drug-likeness (QED) is 0.588. The molecular formula is C12H19NO2S. The van der Waals surface area contributed by atoms with Gasteiger partial charge in [-0.05, 0) is 25.0 Å². The van der Waals surface area contributed by atoms with Gasteiger partial charge < -0.3 is 10.5 Å². The van der Waals surface area contributed by atoms with Gasteiger partial charge in [-0.25, -0.2) is 0 Å². The Kier molecular flexibility index (Phi) is 5.93. The van der Waals surface area contributed by atoms with Gasteiger partial charge in [0.1, 0.15) is 5.75 Å². The average molecular weight is 241 g/mol. The summed E-state index contributed by atoms with van der Waals surface area (Å²) in [4.78, 5) is 0. The van der Waals surface area contributed by atoms with E-state index < -0.39 is 10.8 Å². The minimum absolute atomic E-state index is 0.573. The van der Waals surface area contributed by atoms with E-state index in [-0.39, 0.29) is 0 Å². The Morgan fingerprint density at radius 3 is 2.75 bits per heavy atom. The summed E-state index contributed by atoms with van der Waals surface area (Å²) in [6.45, 7) is 2.61. The van der Waals surface area contributed by atoms with Crippen molar-refractivity contribution in [2.24, 2.45) is 0 Å². The minimum atomic E-state index is -0.695. The maximum Gasteiger partial charge on any atom is 0.142 e. The van der Waals surface area contributed by atoms with Crippen LogP contribution in [0.1, 0.15) is 19.8 Å². The van der Waals surface area contributed by atoms with Gasteiger partial charge in [-0.15, -0.1) is 0 Å². The minimum Gasteiger partial charge on any atom is -0.491 e. The molecule has 0 aliphatic carbocycles. The molecule has 16 heavy (non-hydrogen) atoms. The van der Waals surface area contributed by atoms with Gasteiger partial charge in [-0.3, -0.25) is 4.21 Å². The molecule has 1 atom stereocenters. The number of ether oxygens (including phenoxy) is 1. The Bertz CT molecular complexity index is 342. The number of hydrogen-bond donors (Lipinski definition) is 1. The van der Waals surface area contributed by atoms with Crippen LogP contribution >= 0.6 is 0 Å². The second-order valence-corrected chi connectivity index (χ2v) is 5.28. The van der Waals surface area contributed by atoms with E-state index in [0.717, 1.165) is 18.6 Å². The number of rotatable bonds is 7. The molecule has 0 amide bonds. The van der Waals surface area contributed by atoms with E-state index in [1.165, 1.54) is 0 Å². The van der Waals surface area contributed by atoms with Crippen LogP contribution in [-0.4, -0.2) is 22.3 Å². The zero-order valence-electron chi connectivity index (χ0n) is 9.65. The molecule has 0 aliphatic rings. The van der Waals surface area contributed by atoms with Gasteiger partial charge >= 0.3 is 0 Å². The molecule has 1 unspecified atom stereocenters. The van der Waals surface area contributed by atoms with E-state index in [2.05, 4.69) is 0 Å². The van der Waals surface area contributed by atoms with Gasteiger partial charge in [0.05, 0.1) is 12.3 Å². The van der Waals surface area contributed by atoms with Gasteiger partial charge in [0.25, 0.3) is 0 Å². The summed E-state index contributed by atoms with van der Waals surface area (Å²) in [6.07, 6.45) is 1.78. The van der Waals surface area contributed by atoms with Crippen molar-refractivity contribution in [2.75, 3.05) is 23.8 Å². The van der Waals surface area contributed by atoms with Gasteiger partial charge in [0.15, 0.2) is 0 Å². The summed E-state index contributed by atoms with van der Waals surface area (Å²) in [5, 5.41) is 0. The highest BCUT2D eigenvalue weighted by atomic mass is 32.2. The Labute approximate surface area is 99.4 Å². The first kappa shape index (κ1) is 13.0. The van der Waals surface area contributed by atoms with Crippen molar-refractivity contribution in [3.05, 3.63) is 24.3 Å². The van der Waals surface area contributed by atoms with Crippen LogP contribution in [0.3, 0.4) is 0 Å². The first-order valence-corrected chi connectivity index (χ1v) is 7.05. The van der Waals surface area contributed by atoms with Crippen LogP contribution in [0.2, 0.25) is 0 Å². The molecule has 0 fully saturated rings. The van der Waals surface area contributed by atoms with Crippen molar-refractivity contribution >= 4 is 16.5 Å². The summed E-state index contributed by atoms with van der Waals surface area (Å²) < 4.78 is 16.9. The molecule has 0 spiro atoms. The first-order chi connectivity index (χ1) is 7.74. The van der Waals surface area contributed by atoms with Crippen molar-refractivity contribution < 1.29 is 8.95 Å². The normalized spacial score (nSPS) is 12.3. The molecule has 0 aliphatic heterocycles. The summed E-state index contributed by atoms with van der Waals surface area (Å²) in [5.41, 5.74) is 6.38. The largest absolute Gasteiger partial charge is 0.491 e. The van der Waals surface area contributed by atoms with Crippen LogP contribution in [0.5, 0.6) is 5.75 Å². The number of benzene rings is 1. The van der Waals surface area contributed by atoms with Crippen molar-refractivity contribution in [3.8, 4) is 5.75 Å². The standard InChI is InChI=1S/C12H19NO2S/c1-2-9-16(14)10-5-8-15-12-7-4-3-6-11(12)13/h3-4,6-7H,2,5,8-10,13H2,1H3. The molecule has 1 rings (SSSR count). The zero-order chi connectivity index (χ0) is 11.8. The molecule has 2 N–H and O–H groups in total. The molecule has 0 aromatic heterocycles. The van der Waals surface area contributed by atoms with Gasteiger partial charge in [0.2, 0.25) is 0 Å². The number of hydrogen-bond acceptors (Lipinski definition) is 3. The molecule has 1 aromatic rings. The Morgan fingerprint density at radius 1 is 1.31 bits per heavy atom. The summed E-state index contributed by atoms with van der Waals surface area (Å²) in [7, 11) is -0.695. The molecule has 4 heteroatoms. The van der Waals surface area contributed by atoms with E-state index >= 15 is 0 Å². The van der Waals surface area contributed by atoms with E-state index in [4.69, 9.17) is 10.5 Å². The van der Waals surface area contributed by atoms with E-state index in [0.29, 0.717) is 23.8 Å². The molecule has 0 heterocycles. The smallest absolute Gasteiger partial charge is 0.142 e. The van der Waals surface area contributed by atoms with Crippen molar-refractivity contribution in [1.82, 2.24) is 0 Å². The van der Waals surface area contributed by atoms with Crippen molar-refractivity contribution in [2.45, 2.75) is 19.8 Å². The number of nitrogens with two attached hydrogens (primary N) is 1. The monoisotopic (exact) mass is 241 g/mol. The highest BCUT2D eigenvalue weighted by Gasteiger charge is 2.00. The summed E-state index contributed by atoms with van der Waals surface area (Å²) in [5.74, 6) is 2.21. The fraction of sp³-hybridized carbons (Fsp3) is 0.500. The van der Waals surface area contributed by atoms with Crippen molar-refractivity contribution in [1.29, 1.82) is 0 Å². The highest BCUT2D eigenvalue weighted by molar-refractivity contribution is 7.84. The predicted octanol–water partition coefficient (Wildman–Crippen LogP) is 2.20. The lowest BCUT2D eigenvalue weighted by atomic mass is 10.3. The lowest BCUT2D eigenvalue weighted by Gasteiger charge is -2.07. The third-order valence-electron chi connectivity index (χ3n) is 2.12. The second-order valence-electron chi connectivity index (χ2n) is 3.59. The third kappa shape index (κ3) is 4.66. The summed E-state index contributed by atoms with van der Waals surface area (Å²) in [6, 6.07) is 7.42. The van der Waals surface area contributed by atoms with Crippen LogP contribution < -0.4 is 10.5 Å². The zero-order valence-corrected chi connectivity index (χ0v) is 10.5. The van der Waals surface area contributed by atoms with Crippen LogP contribution in [0.4, 0.5) is 5.69 Å². The Morgan fingerprint density at radius 2 is 2.06 bits per heavy atom. The predicted molar refractivity (Wildman–Crippen MR) is 69.1 cm³/mol. The third-order valence-corrected chi connectivity index (χ3v) is 3.73. The van der Waals surface area contributed by atoms with Crippen LogP contribution in [0, 0.1) is 0 Å². The number of nitrogen functional groups attached to an aromatic ring is 1. The van der Waals surface area contributed by atoms with E-state index in [9.17, 15) is 4.21 Å². The maximum atomic E-state index is 11.4. The van der Waals surface area contributed by atoms with Gasteiger partial charge in [0, 0.05) is 22.3 Å². The molecule has 1 aromatic carbocycles. The van der Waals surface area contributed by atoms with Crippen LogP contribution in [0.15, 0.2) is 24.3 Å². The lowest BCUT2D eigenvalue weighted by molar-refractivity contribution is 0.320. The molecule has 0 radical (unpaired) electrons. The van der Waals surface area contributed by atoms with Crippen LogP contribution in [-0.2, 0) is 10.8 Å². The van der Waals surface area contributed by atoms with E-state index in [1.807, 2.05) is 31.2 Å². The van der Waals surface area contributed by atoms with Crippen molar-refractivity contribution in [3.63, 3.8) is 0 Å². The molecule has 90 valence electrons. The van der Waals surface area contributed by atoms with E-state index in [1.54, 1.807) is 0 Å². The number of para-hydroxylation sites is 2. The Hall–Kier alpha value is -1.03. The molecule has 0 bridgehead atoms. The lowest BCUT2D eigenvalue weighted by Crippen LogP contribution is -2.07. The second kappa shape index (κ2) is 7.28. The van der Waals surface area contributed by atoms with Gasteiger partial charge in [-0.1, -0.05) is 19.1 Å². The Balaban J connectivity index is 2.21. The van der Waals surface area contributed by atoms with Gasteiger partial charge in [-0.2, -0.15) is 0 Å². The fourth-order valence-electron chi connectivity index (χ4n) is 1.34. The topological polar surface area (TPSA) is 52.3 Å². The maximum absolute atomic E-state index is 11.4. The number of anilines is 1. The molecular weight excluding hydrogens is 222 g/mol.